The van der Waals surface area contributed by atoms with Crippen LogP contribution in [0.4, 0.5) is 4.79 Å². The monoisotopic (exact) mass is 400 g/mol. The second kappa shape index (κ2) is 8.50. The lowest BCUT2D eigenvalue weighted by Crippen LogP contribution is -2.52. The molecule has 1 heterocycles. The first-order valence-electron chi connectivity index (χ1n) is 8.55. The molecule has 3 atom stereocenters. The number of urea groups is 1. The molecule has 9 N–H and O–H groups in total. The number of nitrogens with one attached hydrogen (secondary N) is 2. The molecule has 0 spiro atoms. The van der Waals surface area contributed by atoms with Crippen LogP contribution in [0.2, 0.25) is 0 Å². The molecule has 1 aliphatic carbocycles. The van der Waals surface area contributed by atoms with E-state index in [0.29, 0.717) is 12.8 Å². The number of aliphatic hydroxyl groups excluding tert-OH is 2. The Morgan fingerprint density at radius 1 is 1.36 bits per heavy atom. The Balaban J connectivity index is 2.11. The van der Waals surface area contributed by atoms with Crippen LogP contribution >= 0.6 is 0 Å². The van der Waals surface area contributed by atoms with Crippen molar-refractivity contribution < 1.29 is 34.2 Å². The van der Waals surface area contributed by atoms with Crippen molar-refractivity contribution in [2.45, 2.75) is 49.9 Å². The summed E-state index contributed by atoms with van der Waals surface area (Å²) in [6.07, 6.45) is -0.849. The fourth-order valence-corrected chi connectivity index (χ4v) is 2.99. The molecule has 1 aliphatic rings. The number of aliphatic hydroxyl groups is 2. The van der Waals surface area contributed by atoms with Gasteiger partial charge in [-0.2, -0.15) is 4.98 Å². The second-order valence-electron chi connectivity index (χ2n) is 6.97. The van der Waals surface area contributed by atoms with Gasteiger partial charge < -0.3 is 41.9 Å². The Bertz CT molecular complexity index is 730. The molecule has 1 saturated carbocycles. The normalized spacial score (nSPS) is 24.5. The molecule has 0 aliphatic heterocycles. The average Bonchev–Trinajstić information content (AvgIpc) is 3.05. The topological polar surface area (TPSA) is 227 Å². The van der Waals surface area contributed by atoms with Gasteiger partial charge in [-0.1, -0.05) is 5.16 Å². The quantitative estimate of drug-likeness (QED) is 0.234. The highest BCUT2D eigenvalue weighted by molar-refractivity contribution is 5.83. The molecule has 0 bridgehead atoms. The van der Waals surface area contributed by atoms with Crippen molar-refractivity contribution in [1.29, 1.82) is 0 Å². The van der Waals surface area contributed by atoms with Gasteiger partial charge in [0.05, 0.1) is 18.1 Å². The molecule has 2 rings (SSSR count). The molecule has 0 unspecified atom stereocenters. The van der Waals surface area contributed by atoms with Crippen molar-refractivity contribution in [3.05, 3.63) is 11.7 Å². The maximum atomic E-state index is 12.1. The van der Waals surface area contributed by atoms with E-state index >= 15 is 0 Å². The largest absolute Gasteiger partial charge is 0.480 e. The van der Waals surface area contributed by atoms with E-state index in [1.54, 1.807) is 0 Å². The maximum absolute atomic E-state index is 12.1. The van der Waals surface area contributed by atoms with Gasteiger partial charge in [-0.15, -0.1) is 0 Å². The standard InChI is InChI=1S/C15H24N6O7/c1-6(23)10(12(25)26)19-14(27)18-8(2-9(16)24)11-20-13(21-28-11)15(17)3-7(4-15)5-22/h6-8,10,22-23H,2-5,17H2,1H3,(H2,16,24)(H,25,26)(H2,18,19,27)/t6-,7?,8+,10+,15?/m1/s1. The van der Waals surface area contributed by atoms with Gasteiger partial charge in [0.1, 0.15) is 6.04 Å². The van der Waals surface area contributed by atoms with Gasteiger partial charge in [-0.05, 0) is 25.7 Å². The van der Waals surface area contributed by atoms with Crippen molar-refractivity contribution in [3.63, 3.8) is 0 Å². The van der Waals surface area contributed by atoms with Crippen LogP contribution in [-0.4, -0.2) is 62.1 Å². The first-order valence-corrected chi connectivity index (χ1v) is 8.55. The number of aliphatic carboxylic acids is 1. The van der Waals surface area contributed by atoms with Crippen LogP contribution in [0.25, 0.3) is 0 Å². The Morgan fingerprint density at radius 3 is 2.50 bits per heavy atom. The Kier molecular flexibility index (Phi) is 6.53. The highest BCUT2D eigenvalue weighted by Crippen LogP contribution is 2.42. The fourth-order valence-electron chi connectivity index (χ4n) is 2.99. The van der Waals surface area contributed by atoms with Gasteiger partial charge in [-0.3, -0.25) is 4.79 Å². The number of rotatable bonds is 9. The van der Waals surface area contributed by atoms with Crippen molar-refractivity contribution in [2.75, 3.05) is 6.61 Å². The zero-order valence-corrected chi connectivity index (χ0v) is 15.2. The van der Waals surface area contributed by atoms with Crippen LogP contribution < -0.4 is 22.1 Å². The number of nitrogens with two attached hydrogens (primary N) is 2. The van der Waals surface area contributed by atoms with E-state index in [9.17, 15) is 19.5 Å². The van der Waals surface area contributed by atoms with Crippen LogP contribution in [0.15, 0.2) is 4.52 Å². The summed E-state index contributed by atoms with van der Waals surface area (Å²) >= 11 is 0. The lowest BCUT2D eigenvalue weighted by atomic mass is 9.69. The number of hydrogen-bond donors (Lipinski definition) is 7. The third-order valence-electron chi connectivity index (χ3n) is 4.49. The van der Waals surface area contributed by atoms with Crippen molar-refractivity contribution in [2.24, 2.45) is 17.4 Å². The van der Waals surface area contributed by atoms with Gasteiger partial charge in [0.15, 0.2) is 11.9 Å². The first-order chi connectivity index (χ1) is 13.1. The van der Waals surface area contributed by atoms with Crippen LogP contribution in [0.1, 0.15) is 43.9 Å². The van der Waals surface area contributed by atoms with Crippen LogP contribution in [0.5, 0.6) is 0 Å². The molecule has 13 heteroatoms. The third kappa shape index (κ3) is 4.94. The van der Waals surface area contributed by atoms with Crippen LogP contribution in [-0.2, 0) is 15.1 Å². The molecule has 1 fully saturated rings. The summed E-state index contributed by atoms with van der Waals surface area (Å²) in [6, 6.07) is -3.67. The fraction of sp³-hybridized carbons (Fsp3) is 0.667. The van der Waals surface area contributed by atoms with Gasteiger partial charge >= 0.3 is 12.0 Å². The van der Waals surface area contributed by atoms with Gasteiger partial charge in [0, 0.05) is 6.61 Å². The van der Waals surface area contributed by atoms with E-state index < -0.39 is 48.1 Å². The molecular weight excluding hydrogens is 376 g/mol. The van der Waals surface area contributed by atoms with Crippen molar-refractivity contribution in [1.82, 2.24) is 20.8 Å². The number of primary amides is 1. The number of aromatic nitrogens is 2. The molecule has 0 saturated heterocycles. The van der Waals surface area contributed by atoms with Gasteiger partial charge in [0.2, 0.25) is 11.8 Å². The Morgan fingerprint density at radius 2 is 2.00 bits per heavy atom. The van der Waals surface area contributed by atoms with Gasteiger partial charge in [0.25, 0.3) is 0 Å². The molecule has 13 nitrogen and oxygen atoms in total. The van der Waals surface area contributed by atoms with E-state index in [-0.39, 0.29) is 24.2 Å². The summed E-state index contributed by atoms with van der Waals surface area (Å²) in [5.41, 5.74) is 10.5. The molecule has 0 radical (unpaired) electrons. The molecule has 0 aromatic carbocycles. The molecular formula is C15H24N6O7. The lowest BCUT2D eigenvalue weighted by Gasteiger charge is -2.41. The summed E-state index contributed by atoms with van der Waals surface area (Å²) < 4.78 is 5.10. The van der Waals surface area contributed by atoms with Crippen LogP contribution in [0.3, 0.4) is 0 Å². The predicted octanol–water partition coefficient (Wildman–Crippen LogP) is -2.32. The summed E-state index contributed by atoms with van der Waals surface area (Å²) in [5.74, 6) is -2.15. The zero-order valence-electron chi connectivity index (χ0n) is 15.2. The summed E-state index contributed by atoms with van der Waals surface area (Å²) in [4.78, 5) is 38.6. The number of carboxylic acids is 1. The summed E-state index contributed by atoms with van der Waals surface area (Å²) in [7, 11) is 0. The number of nitrogens with zero attached hydrogens (tertiary/aromatic N) is 2. The zero-order chi connectivity index (χ0) is 21.1. The minimum Gasteiger partial charge on any atom is -0.480 e. The number of carboxylic acid groups (broad SMARTS) is 1. The number of amides is 3. The van der Waals surface area contributed by atoms with E-state index in [2.05, 4.69) is 20.8 Å². The molecule has 3 amide bonds. The third-order valence-corrected chi connectivity index (χ3v) is 4.49. The highest BCUT2D eigenvalue weighted by Gasteiger charge is 2.46. The average molecular weight is 400 g/mol. The van der Waals surface area contributed by atoms with E-state index in [1.165, 1.54) is 6.92 Å². The number of carbonyl (C=O) groups is 3. The number of hydrogen-bond acceptors (Lipinski definition) is 9. The van der Waals surface area contributed by atoms with E-state index in [4.69, 9.17) is 26.2 Å². The van der Waals surface area contributed by atoms with E-state index in [0.717, 1.165) is 0 Å². The lowest BCUT2D eigenvalue weighted by molar-refractivity contribution is -0.141. The second-order valence-corrected chi connectivity index (χ2v) is 6.97. The highest BCUT2D eigenvalue weighted by atomic mass is 16.5. The minimum atomic E-state index is -1.56. The van der Waals surface area contributed by atoms with Crippen molar-refractivity contribution in [3.8, 4) is 0 Å². The van der Waals surface area contributed by atoms with Crippen molar-refractivity contribution >= 4 is 17.9 Å². The first kappa shape index (κ1) is 21.5. The summed E-state index contributed by atoms with van der Waals surface area (Å²) in [5, 5.41) is 35.7. The van der Waals surface area contributed by atoms with Gasteiger partial charge in [-0.25, -0.2) is 9.59 Å². The maximum Gasteiger partial charge on any atom is 0.328 e. The minimum absolute atomic E-state index is 0.0102. The predicted molar refractivity (Wildman–Crippen MR) is 91.3 cm³/mol. The Labute approximate surface area is 159 Å². The molecule has 1 aromatic heterocycles. The number of carbonyl (C=O) groups excluding carboxylic acids is 2. The van der Waals surface area contributed by atoms with E-state index in [1.807, 2.05) is 0 Å². The Hall–Kier alpha value is -2.77. The molecule has 28 heavy (non-hydrogen) atoms. The smallest absolute Gasteiger partial charge is 0.328 e. The van der Waals surface area contributed by atoms with Crippen LogP contribution in [0, 0.1) is 5.92 Å². The summed E-state index contributed by atoms with van der Waals surface area (Å²) in [6.45, 7) is 1.19. The molecule has 1 aromatic rings. The molecule has 156 valence electrons. The SMILES string of the molecule is C[C@@H](O)[C@H](NC(=O)N[C@@H](CC(N)=O)c1nc(C2(N)CC(CO)C2)no1)C(=O)O.